The van der Waals surface area contributed by atoms with Crippen LogP contribution in [0.25, 0.3) is 0 Å². The lowest BCUT2D eigenvalue weighted by atomic mass is 10.0. The van der Waals surface area contributed by atoms with Gasteiger partial charge < -0.3 is 15.5 Å². The molecular weight excluding hydrogens is 249 g/mol. The Labute approximate surface area is 110 Å². The second-order valence-corrected chi connectivity index (χ2v) is 4.10. The SMILES string of the molecule is CN(C)CCNC(=O)C1CCCCN1.Cl.Cl. The zero-order valence-corrected chi connectivity index (χ0v) is 11.6. The first-order chi connectivity index (χ1) is 6.70. The lowest BCUT2D eigenvalue weighted by molar-refractivity contribution is -0.123. The van der Waals surface area contributed by atoms with Crippen LogP contribution in [0.3, 0.4) is 0 Å². The first-order valence-corrected chi connectivity index (χ1v) is 5.36. The van der Waals surface area contributed by atoms with E-state index in [0.717, 1.165) is 26.1 Å². The Kier molecular flexibility index (Phi) is 11.6. The van der Waals surface area contributed by atoms with Gasteiger partial charge in [0.25, 0.3) is 0 Å². The van der Waals surface area contributed by atoms with Gasteiger partial charge in [0.2, 0.25) is 5.91 Å². The highest BCUT2D eigenvalue weighted by Gasteiger charge is 2.19. The summed E-state index contributed by atoms with van der Waals surface area (Å²) in [7, 11) is 4.01. The van der Waals surface area contributed by atoms with Gasteiger partial charge in [-0.05, 0) is 33.5 Å². The van der Waals surface area contributed by atoms with E-state index in [1.54, 1.807) is 0 Å². The van der Waals surface area contributed by atoms with Gasteiger partial charge in [-0.25, -0.2) is 0 Å². The number of hydrogen-bond donors (Lipinski definition) is 2. The summed E-state index contributed by atoms with van der Waals surface area (Å²) in [5, 5.41) is 6.17. The molecule has 0 aromatic rings. The van der Waals surface area contributed by atoms with Gasteiger partial charge >= 0.3 is 0 Å². The summed E-state index contributed by atoms with van der Waals surface area (Å²) < 4.78 is 0. The van der Waals surface area contributed by atoms with Crippen LogP contribution in [0.15, 0.2) is 0 Å². The van der Waals surface area contributed by atoms with Gasteiger partial charge in [-0.1, -0.05) is 6.42 Å². The molecule has 1 amide bonds. The number of nitrogens with one attached hydrogen (secondary N) is 2. The molecule has 1 aliphatic rings. The fourth-order valence-corrected chi connectivity index (χ4v) is 1.60. The number of hydrogen-bond acceptors (Lipinski definition) is 3. The Morgan fingerprint density at radius 1 is 1.38 bits per heavy atom. The zero-order valence-electron chi connectivity index (χ0n) is 9.99. The molecule has 1 saturated heterocycles. The van der Waals surface area contributed by atoms with E-state index in [4.69, 9.17) is 0 Å². The Morgan fingerprint density at radius 2 is 2.06 bits per heavy atom. The number of halogens is 2. The van der Waals surface area contributed by atoms with E-state index in [9.17, 15) is 4.79 Å². The van der Waals surface area contributed by atoms with Gasteiger partial charge in [0.15, 0.2) is 0 Å². The summed E-state index contributed by atoms with van der Waals surface area (Å²) in [6, 6.07) is 0.0471. The molecule has 1 heterocycles. The van der Waals surface area contributed by atoms with Crippen molar-refractivity contribution in [3.63, 3.8) is 0 Å². The molecule has 16 heavy (non-hydrogen) atoms. The third-order valence-corrected chi connectivity index (χ3v) is 2.49. The van der Waals surface area contributed by atoms with E-state index in [1.165, 1.54) is 12.8 Å². The number of rotatable bonds is 4. The summed E-state index contributed by atoms with van der Waals surface area (Å²) in [5.74, 6) is 0.159. The van der Waals surface area contributed by atoms with Crippen LogP contribution in [0.5, 0.6) is 0 Å². The van der Waals surface area contributed by atoms with Gasteiger partial charge in [-0.3, -0.25) is 4.79 Å². The molecule has 0 aliphatic carbocycles. The maximum Gasteiger partial charge on any atom is 0.237 e. The van der Waals surface area contributed by atoms with E-state index in [1.807, 2.05) is 14.1 Å². The molecule has 0 saturated carbocycles. The van der Waals surface area contributed by atoms with Crippen LogP contribution in [-0.4, -0.2) is 50.6 Å². The second-order valence-electron chi connectivity index (χ2n) is 4.10. The smallest absolute Gasteiger partial charge is 0.237 e. The lowest BCUT2D eigenvalue weighted by Crippen LogP contribution is -2.47. The van der Waals surface area contributed by atoms with E-state index < -0.39 is 0 Å². The quantitative estimate of drug-likeness (QED) is 0.790. The van der Waals surface area contributed by atoms with Crippen molar-refractivity contribution in [3.8, 4) is 0 Å². The minimum atomic E-state index is 0. The number of nitrogens with zero attached hydrogens (tertiary/aromatic N) is 1. The van der Waals surface area contributed by atoms with Crippen molar-refractivity contribution < 1.29 is 4.79 Å². The molecule has 2 N–H and O–H groups in total. The maximum absolute atomic E-state index is 11.6. The number of carbonyl (C=O) groups is 1. The van der Waals surface area contributed by atoms with E-state index >= 15 is 0 Å². The molecule has 4 nitrogen and oxygen atoms in total. The predicted molar refractivity (Wildman–Crippen MR) is 71.7 cm³/mol. The van der Waals surface area contributed by atoms with E-state index in [0.29, 0.717) is 0 Å². The monoisotopic (exact) mass is 271 g/mol. The average Bonchev–Trinajstić information content (AvgIpc) is 2.18. The zero-order chi connectivity index (χ0) is 10.4. The van der Waals surface area contributed by atoms with Gasteiger partial charge in [-0.15, -0.1) is 24.8 Å². The van der Waals surface area contributed by atoms with Crippen molar-refractivity contribution in [2.45, 2.75) is 25.3 Å². The van der Waals surface area contributed by atoms with E-state index in [-0.39, 0.29) is 36.8 Å². The van der Waals surface area contributed by atoms with Crippen molar-refractivity contribution >= 4 is 30.7 Å². The summed E-state index contributed by atoms with van der Waals surface area (Å²) >= 11 is 0. The molecule has 0 bridgehead atoms. The Balaban J connectivity index is 0. The van der Waals surface area contributed by atoms with Crippen molar-refractivity contribution in [1.29, 1.82) is 0 Å². The summed E-state index contributed by atoms with van der Waals surface area (Å²) in [5.41, 5.74) is 0. The number of piperidine rings is 1. The molecule has 0 radical (unpaired) electrons. The highest BCUT2D eigenvalue weighted by Crippen LogP contribution is 2.06. The molecule has 0 aromatic carbocycles. The Morgan fingerprint density at radius 3 is 2.56 bits per heavy atom. The summed E-state index contributed by atoms with van der Waals surface area (Å²) in [4.78, 5) is 13.7. The summed E-state index contributed by atoms with van der Waals surface area (Å²) in [6.07, 6.45) is 3.34. The van der Waals surface area contributed by atoms with E-state index in [2.05, 4.69) is 15.5 Å². The average molecular weight is 272 g/mol. The molecular formula is C10H23Cl2N3O. The predicted octanol–water partition coefficient (Wildman–Crippen LogP) is 0.650. The molecule has 1 rings (SSSR count). The van der Waals surface area contributed by atoms with Crippen molar-refractivity contribution in [2.75, 3.05) is 33.7 Å². The molecule has 98 valence electrons. The van der Waals surface area contributed by atoms with Crippen LogP contribution >= 0.6 is 24.8 Å². The molecule has 0 spiro atoms. The van der Waals surface area contributed by atoms with Crippen LogP contribution < -0.4 is 10.6 Å². The molecule has 1 aliphatic heterocycles. The van der Waals surface area contributed by atoms with Crippen molar-refractivity contribution in [2.24, 2.45) is 0 Å². The first-order valence-electron chi connectivity index (χ1n) is 5.36. The molecule has 1 unspecified atom stereocenters. The normalized spacial score (nSPS) is 19.6. The molecule has 1 fully saturated rings. The largest absolute Gasteiger partial charge is 0.353 e. The highest BCUT2D eigenvalue weighted by atomic mass is 35.5. The van der Waals surface area contributed by atoms with Crippen LogP contribution in [-0.2, 0) is 4.79 Å². The fraction of sp³-hybridized carbons (Fsp3) is 0.900. The van der Waals surface area contributed by atoms with Gasteiger partial charge in [0.05, 0.1) is 6.04 Å². The minimum absolute atomic E-state index is 0. The Hall–Kier alpha value is -0.0300. The molecule has 0 aromatic heterocycles. The van der Waals surface area contributed by atoms with Crippen molar-refractivity contribution in [1.82, 2.24) is 15.5 Å². The van der Waals surface area contributed by atoms with Crippen molar-refractivity contribution in [3.05, 3.63) is 0 Å². The number of carbonyl (C=O) groups excluding carboxylic acids is 1. The standard InChI is InChI=1S/C10H21N3O.2ClH/c1-13(2)8-7-12-10(14)9-5-3-4-6-11-9;;/h9,11H,3-8H2,1-2H3,(H,12,14);2*1H. The van der Waals surface area contributed by atoms with Gasteiger partial charge in [-0.2, -0.15) is 0 Å². The molecule has 1 atom stereocenters. The van der Waals surface area contributed by atoms with Gasteiger partial charge in [0, 0.05) is 13.1 Å². The molecule has 6 heteroatoms. The summed E-state index contributed by atoms with van der Waals surface area (Å²) in [6.45, 7) is 2.62. The maximum atomic E-state index is 11.6. The Bertz CT molecular complexity index is 185. The van der Waals surface area contributed by atoms with Crippen LogP contribution in [0.2, 0.25) is 0 Å². The topological polar surface area (TPSA) is 44.4 Å². The van der Waals surface area contributed by atoms with Crippen LogP contribution in [0, 0.1) is 0 Å². The minimum Gasteiger partial charge on any atom is -0.353 e. The third-order valence-electron chi connectivity index (χ3n) is 2.49. The third kappa shape index (κ3) is 7.28. The fourth-order valence-electron chi connectivity index (χ4n) is 1.60. The highest BCUT2D eigenvalue weighted by molar-refractivity contribution is 5.85. The second kappa shape index (κ2) is 10.1. The van der Waals surface area contributed by atoms with Crippen LogP contribution in [0.1, 0.15) is 19.3 Å². The first kappa shape index (κ1) is 18.3. The lowest BCUT2D eigenvalue weighted by Gasteiger charge is -2.22. The van der Waals surface area contributed by atoms with Gasteiger partial charge in [0.1, 0.15) is 0 Å². The number of likely N-dealkylation sites (N-methyl/N-ethyl adjacent to an activating group) is 1. The van der Waals surface area contributed by atoms with Crippen LogP contribution in [0.4, 0.5) is 0 Å². The number of amides is 1.